The lowest BCUT2D eigenvalue weighted by atomic mass is 10.0. The largest absolute Gasteiger partial charge is 0.422 e. The first-order valence-electron chi connectivity index (χ1n) is 9.92. The van der Waals surface area contributed by atoms with E-state index in [1.165, 1.54) is 25.5 Å². The summed E-state index contributed by atoms with van der Waals surface area (Å²) >= 11 is 0. The second kappa shape index (κ2) is 7.75. The Bertz CT molecular complexity index is 1070. The predicted molar refractivity (Wildman–Crippen MR) is 108 cm³/mol. The Hall–Kier alpha value is -2.67. The van der Waals surface area contributed by atoms with Crippen LogP contribution in [0.4, 0.5) is 0 Å². The molecule has 0 bridgehead atoms. The van der Waals surface area contributed by atoms with Crippen molar-refractivity contribution in [2.24, 2.45) is 0 Å². The van der Waals surface area contributed by atoms with Gasteiger partial charge < -0.3 is 9.73 Å². The number of amides is 1. The molecule has 2 aromatic heterocycles. The van der Waals surface area contributed by atoms with Crippen molar-refractivity contribution in [3.8, 4) is 0 Å². The molecule has 0 radical (unpaired) electrons. The third-order valence-corrected chi connectivity index (χ3v) is 5.61. The molecule has 7 heteroatoms. The van der Waals surface area contributed by atoms with Crippen molar-refractivity contribution in [3.05, 3.63) is 40.4 Å². The van der Waals surface area contributed by atoms with Crippen LogP contribution < -0.4 is 10.9 Å². The van der Waals surface area contributed by atoms with Crippen molar-refractivity contribution < 1.29 is 9.21 Å². The van der Waals surface area contributed by atoms with Crippen molar-refractivity contribution in [2.75, 3.05) is 19.6 Å². The number of benzene rings is 1. The average molecular weight is 382 g/mol. The molecule has 3 heterocycles. The molecular formula is C21H26N4O3. The number of rotatable bonds is 5. The molecule has 28 heavy (non-hydrogen) atoms. The van der Waals surface area contributed by atoms with E-state index in [0.29, 0.717) is 29.1 Å². The Morgan fingerprint density at radius 2 is 2.18 bits per heavy atom. The Kier molecular flexibility index (Phi) is 5.17. The zero-order valence-electron chi connectivity index (χ0n) is 16.4. The average Bonchev–Trinajstić information content (AvgIpc) is 3.08. The molecule has 1 atom stereocenters. The monoisotopic (exact) mass is 382 g/mol. The quantitative estimate of drug-likeness (QED) is 0.686. The lowest BCUT2D eigenvalue weighted by Gasteiger charge is -2.33. The number of aryl methyl sites for hydroxylation is 1. The van der Waals surface area contributed by atoms with Gasteiger partial charge in [-0.25, -0.2) is 4.79 Å². The summed E-state index contributed by atoms with van der Waals surface area (Å²) in [7, 11) is 0. The van der Waals surface area contributed by atoms with Gasteiger partial charge in [-0.3, -0.25) is 14.4 Å². The molecule has 1 saturated heterocycles. The van der Waals surface area contributed by atoms with Crippen LogP contribution in [0.25, 0.3) is 21.9 Å². The van der Waals surface area contributed by atoms with Crippen molar-refractivity contribution in [2.45, 2.75) is 45.7 Å². The van der Waals surface area contributed by atoms with Crippen LogP contribution in [-0.4, -0.2) is 46.3 Å². The second-order valence-electron chi connectivity index (χ2n) is 7.68. The third kappa shape index (κ3) is 3.67. The van der Waals surface area contributed by atoms with E-state index in [9.17, 15) is 9.59 Å². The molecule has 3 aromatic rings. The van der Waals surface area contributed by atoms with E-state index < -0.39 is 5.63 Å². The first kappa shape index (κ1) is 18.7. The van der Waals surface area contributed by atoms with Gasteiger partial charge in [-0.1, -0.05) is 18.1 Å². The van der Waals surface area contributed by atoms with Crippen LogP contribution in [0.3, 0.4) is 0 Å². The highest BCUT2D eigenvalue weighted by atomic mass is 16.4. The van der Waals surface area contributed by atoms with Gasteiger partial charge in [0.25, 0.3) is 0 Å². The summed E-state index contributed by atoms with van der Waals surface area (Å²) in [5, 5.41) is 8.45. The molecule has 7 nitrogen and oxygen atoms in total. The molecule has 0 aliphatic carbocycles. The molecule has 0 unspecified atom stereocenters. The summed E-state index contributed by atoms with van der Waals surface area (Å²) in [5.41, 5.74) is 1.77. The van der Waals surface area contributed by atoms with Gasteiger partial charge >= 0.3 is 5.63 Å². The number of aromatic nitrogens is 2. The summed E-state index contributed by atoms with van der Waals surface area (Å²) in [6.07, 6.45) is 5.22. The van der Waals surface area contributed by atoms with Crippen molar-refractivity contribution >= 4 is 27.8 Å². The molecule has 1 amide bonds. The fourth-order valence-corrected chi connectivity index (χ4v) is 4.03. The van der Waals surface area contributed by atoms with Crippen molar-refractivity contribution in [3.63, 3.8) is 0 Å². The molecule has 148 valence electrons. The number of fused-ring (bicyclic) bond motifs is 3. The fourth-order valence-electron chi connectivity index (χ4n) is 4.03. The maximum Gasteiger partial charge on any atom is 0.347 e. The number of carbonyl (C=O) groups excluding carboxylic acids is 1. The highest BCUT2D eigenvalue weighted by Crippen LogP contribution is 2.23. The predicted octanol–water partition coefficient (Wildman–Crippen LogP) is 2.44. The van der Waals surface area contributed by atoms with E-state index >= 15 is 0 Å². The number of nitrogens with one attached hydrogen (secondary N) is 1. The maximum atomic E-state index is 12.5. The van der Waals surface area contributed by atoms with Crippen molar-refractivity contribution in [1.82, 2.24) is 20.0 Å². The van der Waals surface area contributed by atoms with Gasteiger partial charge in [0.1, 0.15) is 17.5 Å². The van der Waals surface area contributed by atoms with E-state index in [1.54, 1.807) is 10.7 Å². The van der Waals surface area contributed by atoms with Gasteiger partial charge in [0.15, 0.2) is 0 Å². The number of carbonyl (C=O) groups is 1. The second-order valence-corrected chi connectivity index (χ2v) is 7.68. The van der Waals surface area contributed by atoms with Gasteiger partial charge in [0.2, 0.25) is 5.91 Å². The number of nitrogens with zero attached hydrogens (tertiary/aromatic N) is 3. The lowest BCUT2D eigenvalue weighted by molar-refractivity contribution is -0.121. The molecular weight excluding hydrogens is 356 g/mol. The molecule has 1 fully saturated rings. The van der Waals surface area contributed by atoms with Crippen LogP contribution in [0.2, 0.25) is 0 Å². The van der Waals surface area contributed by atoms with Gasteiger partial charge in [-0.15, -0.1) is 0 Å². The summed E-state index contributed by atoms with van der Waals surface area (Å²) < 4.78 is 6.97. The van der Waals surface area contributed by atoms with Crippen LogP contribution in [0.1, 0.15) is 31.7 Å². The minimum absolute atomic E-state index is 0.0749. The van der Waals surface area contributed by atoms with E-state index in [4.69, 9.17) is 4.42 Å². The zero-order chi connectivity index (χ0) is 19.7. The highest BCUT2D eigenvalue weighted by Gasteiger charge is 2.18. The summed E-state index contributed by atoms with van der Waals surface area (Å²) in [6, 6.07) is 6.21. The minimum Gasteiger partial charge on any atom is -0.422 e. The highest BCUT2D eigenvalue weighted by molar-refractivity contribution is 6.02. The minimum atomic E-state index is -0.433. The Morgan fingerprint density at radius 1 is 1.32 bits per heavy atom. The van der Waals surface area contributed by atoms with Gasteiger partial charge in [-0.2, -0.15) is 5.10 Å². The fraction of sp³-hybridized carbons (Fsp3) is 0.476. The van der Waals surface area contributed by atoms with Crippen molar-refractivity contribution in [1.29, 1.82) is 0 Å². The van der Waals surface area contributed by atoms with E-state index in [-0.39, 0.29) is 12.5 Å². The molecule has 1 aliphatic heterocycles. The molecule has 1 N–H and O–H groups in total. The molecule has 0 saturated carbocycles. The maximum absolute atomic E-state index is 12.5. The van der Waals surface area contributed by atoms with Gasteiger partial charge in [0.05, 0.1) is 11.7 Å². The first-order valence-corrected chi connectivity index (χ1v) is 9.92. The molecule has 1 aromatic carbocycles. The first-order chi connectivity index (χ1) is 13.5. The summed E-state index contributed by atoms with van der Waals surface area (Å²) in [6.45, 7) is 6.87. The molecule has 1 aliphatic rings. The topological polar surface area (TPSA) is 80.4 Å². The number of likely N-dealkylation sites (tertiary alicyclic amines) is 1. The number of hydrogen-bond donors (Lipinski definition) is 1. The van der Waals surface area contributed by atoms with Crippen LogP contribution in [0.15, 0.2) is 33.6 Å². The van der Waals surface area contributed by atoms with E-state index in [0.717, 1.165) is 24.0 Å². The van der Waals surface area contributed by atoms with Crippen LogP contribution in [0.5, 0.6) is 0 Å². The van der Waals surface area contributed by atoms with Crippen LogP contribution in [-0.2, 0) is 11.3 Å². The van der Waals surface area contributed by atoms with Crippen LogP contribution in [0, 0.1) is 6.92 Å². The van der Waals surface area contributed by atoms with E-state index in [1.807, 2.05) is 19.1 Å². The number of piperidine rings is 1. The van der Waals surface area contributed by atoms with E-state index in [2.05, 4.69) is 22.2 Å². The smallest absolute Gasteiger partial charge is 0.347 e. The van der Waals surface area contributed by atoms with Crippen LogP contribution >= 0.6 is 0 Å². The summed E-state index contributed by atoms with van der Waals surface area (Å²) in [4.78, 5) is 27.1. The Labute approximate surface area is 163 Å². The lowest BCUT2D eigenvalue weighted by Crippen LogP contribution is -2.42. The Balaban J connectivity index is 1.50. The van der Waals surface area contributed by atoms with Gasteiger partial charge in [0, 0.05) is 24.5 Å². The third-order valence-electron chi connectivity index (χ3n) is 5.61. The normalized spacial score (nSPS) is 18.0. The summed E-state index contributed by atoms with van der Waals surface area (Å²) in [5.74, 6) is -0.108. The molecule has 0 spiro atoms. The zero-order valence-corrected chi connectivity index (χ0v) is 16.4. The molecule has 4 rings (SSSR count). The standard InChI is InChI=1S/C21H26N4O3/c1-14-6-7-18-16(11-14)20-17(21(27)28-18)12-23-25(20)13-19(26)22-8-10-24-9-4-3-5-15(24)2/h6-7,11-12,15H,3-5,8-10,13H2,1-2H3,(H,22,26)/t15-/m1/s1. The Morgan fingerprint density at radius 3 is 3.00 bits per heavy atom. The van der Waals surface area contributed by atoms with Gasteiger partial charge in [-0.05, 0) is 45.4 Å². The number of hydrogen-bond acceptors (Lipinski definition) is 5. The SMILES string of the molecule is Cc1ccc2oc(=O)c3cnn(CC(=O)NCCN4CCCC[C@H]4C)c3c2c1.